The number of likely N-dealkylation sites (tertiary alicyclic amines) is 1. The van der Waals surface area contributed by atoms with Crippen molar-refractivity contribution in [1.29, 1.82) is 0 Å². The van der Waals surface area contributed by atoms with E-state index in [-0.39, 0.29) is 22.5 Å². The molecule has 4 radical (unpaired) electrons. The van der Waals surface area contributed by atoms with E-state index in [1.54, 1.807) is 0 Å². The molecule has 6 N–H and O–H groups in total. The Bertz CT molecular complexity index is 951. The normalized spacial score (nSPS) is 26.6. The van der Waals surface area contributed by atoms with Crippen molar-refractivity contribution in [1.82, 2.24) is 9.88 Å². The lowest BCUT2D eigenvalue weighted by molar-refractivity contribution is -0.141. The lowest BCUT2D eigenvalue weighted by atomic mass is 9.47. The van der Waals surface area contributed by atoms with Crippen molar-refractivity contribution < 1.29 is 17.9 Å². The minimum Gasteiger partial charge on any atom is -0.398 e. The average Bonchev–Trinajstić information content (AvgIpc) is 3.40. The summed E-state index contributed by atoms with van der Waals surface area (Å²) in [6.07, 6.45) is 4.01. The quantitative estimate of drug-likeness (QED) is 0.433. The molecule has 3 atom stereocenters. The number of halogens is 3. The Morgan fingerprint density at radius 2 is 1.75 bits per heavy atom. The second kappa shape index (κ2) is 11.1. The Hall–Kier alpha value is -2.13. The highest BCUT2D eigenvalue weighted by molar-refractivity contribution is 6.40. The van der Waals surface area contributed by atoms with Gasteiger partial charge < -0.3 is 26.8 Å². The van der Waals surface area contributed by atoms with E-state index in [1.807, 2.05) is 0 Å². The van der Waals surface area contributed by atoms with Crippen LogP contribution in [0.1, 0.15) is 50.8 Å². The van der Waals surface area contributed by atoms with Crippen molar-refractivity contribution in [2.24, 2.45) is 40.4 Å². The summed E-state index contributed by atoms with van der Waals surface area (Å²) in [7, 11) is 13.2. The molecule has 3 aliphatic rings. The lowest BCUT2D eigenvalue weighted by Gasteiger charge is -2.52. The van der Waals surface area contributed by atoms with Gasteiger partial charge in [0.2, 0.25) is 0 Å². The molecule has 11 heteroatoms. The Balaban J connectivity index is 0.000000202. The van der Waals surface area contributed by atoms with Crippen molar-refractivity contribution in [3.05, 3.63) is 47.6 Å². The predicted molar refractivity (Wildman–Crippen MR) is 137 cm³/mol. The number of alkyl halides is 3. The SMILES string of the molecule is NC(N)=C/C=C(\N)c1cccnc1C(F)(F)F.[B]C([B])(C1CCOCC1(C)C)N1CC2CCCC2C1. The second-order valence-electron chi connectivity index (χ2n) is 10.8. The first kappa shape index (κ1) is 28.4. The van der Waals surface area contributed by atoms with E-state index in [0.717, 1.165) is 50.8 Å². The number of aromatic nitrogens is 1. The van der Waals surface area contributed by atoms with Gasteiger partial charge in [0.15, 0.2) is 5.69 Å². The number of rotatable bonds is 4. The van der Waals surface area contributed by atoms with Crippen LogP contribution in [0.25, 0.3) is 5.70 Å². The number of pyridine rings is 1. The van der Waals surface area contributed by atoms with Crippen molar-refractivity contribution in [2.45, 2.75) is 51.0 Å². The molecule has 0 spiro atoms. The number of fused-ring (bicyclic) bond motifs is 1. The summed E-state index contributed by atoms with van der Waals surface area (Å²) in [5.74, 6) is 1.95. The molecule has 6 nitrogen and oxygen atoms in total. The number of hydrogen-bond acceptors (Lipinski definition) is 6. The smallest absolute Gasteiger partial charge is 0.398 e. The van der Waals surface area contributed by atoms with E-state index in [1.165, 1.54) is 43.5 Å². The first-order chi connectivity index (χ1) is 16.7. The zero-order valence-electron chi connectivity index (χ0n) is 21.1. The molecule has 3 heterocycles. The fourth-order valence-corrected chi connectivity index (χ4v) is 5.80. The molecule has 1 saturated carbocycles. The van der Waals surface area contributed by atoms with Gasteiger partial charge in [-0.15, -0.1) is 0 Å². The molecule has 3 unspecified atom stereocenters. The number of hydrogen-bond donors (Lipinski definition) is 3. The molecule has 3 fully saturated rings. The molecule has 2 saturated heterocycles. The Morgan fingerprint density at radius 3 is 2.31 bits per heavy atom. The minimum atomic E-state index is -4.56. The van der Waals surface area contributed by atoms with Gasteiger partial charge in [-0.25, -0.2) is 0 Å². The van der Waals surface area contributed by atoms with Crippen molar-refractivity contribution in [3.63, 3.8) is 0 Å². The van der Waals surface area contributed by atoms with Crippen LogP contribution in [0.4, 0.5) is 13.2 Å². The van der Waals surface area contributed by atoms with Crippen molar-refractivity contribution in [2.75, 3.05) is 26.3 Å². The molecular weight excluding hydrogens is 465 g/mol. The molecule has 0 amide bonds. The summed E-state index contributed by atoms with van der Waals surface area (Å²) in [5.41, 5.74) is 14.5. The largest absolute Gasteiger partial charge is 0.434 e. The molecule has 36 heavy (non-hydrogen) atoms. The molecule has 4 rings (SSSR count). The van der Waals surface area contributed by atoms with Crippen LogP contribution in [0.2, 0.25) is 0 Å². The van der Waals surface area contributed by atoms with Crippen LogP contribution in [-0.2, 0) is 10.9 Å². The molecule has 194 valence electrons. The molecule has 0 bridgehead atoms. The summed E-state index contributed by atoms with van der Waals surface area (Å²) >= 11 is 0. The molecule has 2 aliphatic heterocycles. The third kappa shape index (κ3) is 6.59. The molecule has 1 aromatic rings. The fourth-order valence-electron chi connectivity index (χ4n) is 5.80. The molecule has 1 aromatic heterocycles. The van der Waals surface area contributed by atoms with Crippen LogP contribution in [0.15, 0.2) is 36.3 Å². The zero-order chi connectivity index (χ0) is 26.7. The summed E-state index contributed by atoms with van der Waals surface area (Å²) < 4.78 is 43.4. The first-order valence-electron chi connectivity index (χ1n) is 12.3. The van der Waals surface area contributed by atoms with E-state index >= 15 is 0 Å². The number of nitrogens with two attached hydrogens (primary N) is 3. The van der Waals surface area contributed by atoms with E-state index in [4.69, 9.17) is 37.6 Å². The van der Waals surface area contributed by atoms with Gasteiger partial charge in [-0.1, -0.05) is 20.3 Å². The number of ether oxygens (including phenoxy) is 1. The summed E-state index contributed by atoms with van der Waals surface area (Å²) in [4.78, 5) is 5.64. The van der Waals surface area contributed by atoms with Gasteiger partial charge in [0.05, 0.1) is 28.1 Å². The third-order valence-electron chi connectivity index (χ3n) is 7.64. The molecule has 0 aromatic carbocycles. The maximum atomic E-state index is 12.6. The van der Waals surface area contributed by atoms with Gasteiger partial charge in [0.1, 0.15) is 0 Å². The zero-order valence-corrected chi connectivity index (χ0v) is 21.1. The van der Waals surface area contributed by atoms with Gasteiger partial charge in [-0.05, 0) is 72.1 Å². The van der Waals surface area contributed by atoms with Crippen molar-refractivity contribution in [3.8, 4) is 0 Å². The van der Waals surface area contributed by atoms with Gasteiger partial charge >= 0.3 is 6.18 Å². The van der Waals surface area contributed by atoms with E-state index in [2.05, 4.69) is 23.7 Å². The van der Waals surface area contributed by atoms with Crippen LogP contribution in [-0.4, -0.2) is 57.2 Å². The summed E-state index contributed by atoms with van der Waals surface area (Å²) in [5, 5.41) is -0.669. The number of allylic oxidation sites excluding steroid dienone is 2. The van der Waals surface area contributed by atoms with Crippen LogP contribution >= 0.6 is 0 Å². The third-order valence-corrected chi connectivity index (χ3v) is 7.64. The van der Waals surface area contributed by atoms with Crippen LogP contribution in [0, 0.1) is 23.2 Å². The van der Waals surface area contributed by atoms with E-state index in [0.29, 0.717) is 5.92 Å². The standard InChI is InChI=1S/C15H25B2NO.C10H11F3N4/c1-14(2)10-19-7-6-13(14)15(16,17)18-8-11-4-3-5-12(11)9-18;11-10(12,13)9-6(2-1-5-17-9)7(14)3-4-8(15)16/h11-13H,3-10H2,1-2H3;1-5H,14-16H2/b;7-3-. The van der Waals surface area contributed by atoms with Crippen molar-refractivity contribution >= 4 is 21.4 Å². The highest BCUT2D eigenvalue weighted by Gasteiger charge is 2.48. The average molecular weight is 501 g/mol. The highest BCUT2D eigenvalue weighted by Crippen LogP contribution is 2.45. The lowest BCUT2D eigenvalue weighted by Crippen LogP contribution is -2.60. The van der Waals surface area contributed by atoms with Crippen LogP contribution in [0.5, 0.6) is 0 Å². The van der Waals surface area contributed by atoms with E-state index in [9.17, 15) is 13.2 Å². The molecular formula is C25H36B2F3N5O. The topological polar surface area (TPSA) is 103 Å². The minimum absolute atomic E-state index is 0.0506. The predicted octanol–water partition coefficient (Wildman–Crippen LogP) is 2.93. The fraction of sp³-hybridized carbons (Fsp3) is 0.640. The van der Waals surface area contributed by atoms with Gasteiger partial charge in [0.25, 0.3) is 0 Å². The second-order valence-corrected chi connectivity index (χ2v) is 10.8. The van der Waals surface area contributed by atoms with Crippen LogP contribution < -0.4 is 17.2 Å². The first-order valence-corrected chi connectivity index (χ1v) is 12.3. The van der Waals surface area contributed by atoms with Gasteiger partial charge in [-0.2, -0.15) is 13.2 Å². The maximum Gasteiger partial charge on any atom is 0.434 e. The monoisotopic (exact) mass is 501 g/mol. The van der Waals surface area contributed by atoms with Gasteiger partial charge in [-0.3, -0.25) is 4.98 Å². The highest BCUT2D eigenvalue weighted by atomic mass is 19.4. The summed E-state index contributed by atoms with van der Waals surface area (Å²) in [6, 6.07) is 2.59. The summed E-state index contributed by atoms with van der Waals surface area (Å²) in [6.45, 7) is 8.25. The molecule has 1 aliphatic carbocycles. The van der Waals surface area contributed by atoms with Crippen LogP contribution in [0.3, 0.4) is 0 Å². The Morgan fingerprint density at radius 1 is 1.11 bits per heavy atom. The maximum absolute atomic E-state index is 12.6. The van der Waals surface area contributed by atoms with Gasteiger partial charge in [0, 0.05) is 37.2 Å². The number of nitrogens with zero attached hydrogens (tertiary/aromatic N) is 2. The Kier molecular flexibility index (Phi) is 8.76. The van der Waals surface area contributed by atoms with E-state index < -0.39 is 17.2 Å². The Labute approximate surface area is 214 Å².